The molecule has 0 N–H and O–H groups in total. The third kappa shape index (κ3) is 4.76. The number of hydrogen-bond donors (Lipinski definition) is 0. The van der Waals surface area contributed by atoms with Gasteiger partial charge in [0.2, 0.25) is 0 Å². The molecule has 43 heavy (non-hydrogen) atoms. The van der Waals surface area contributed by atoms with Gasteiger partial charge < -0.3 is 0 Å². The fraction of sp³-hybridized carbons (Fsp3) is 0. The molecule has 5 heteroatoms. The minimum atomic E-state index is 0.643. The minimum absolute atomic E-state index is 0.643. The molecule has 0 amide bonds. The van der Waals surface area contributed by atoms with Crippen LogP contribution >= 0.6 is 11.3 Å². The molecule has 8 aromatic rings. The highest BCUT2D eigenvalue weighted by Gasteiger charge is 2.14. The summed E-state index contributed by atoms with van der Waals surface area (Å²) in [5.41, 5.74) is 7.36. The Labute approximate surface area is 253 Å². The van der Waals surface area contributed by atoms with E-state index in [9.17, 15) is 0 Å². The summed E-state index contributed by atoms with van der Waals surface area (Å²) >= 11 is 1.82. The number of hydrogen-bond acceptors (Lipinski definition) is 5. The molecule has 8 rings (SSSR count). The summed E-state index contributed by atoms with van der Waals surface area (Å²) in [7, 11) is 0. The van der Waals surface area contributed by atoms with Crippen LogP contribution < -0.4 is 0 Å². The van der Waals surface area contributed by atoms with E-state index in [1.165, 1.54) is 20.2 Å². The first kappa shape index (κ1) is 25.2. The first-order chi connectivity index (χ1) is 21.3. The van der Waals surface area contributed by atoms with Crippen LogP contribution in [0, 0.1) is 0 Å². The van der Waals surface area contributed by atoms with Gasteiger partial charge in [0.15, 0.2) is 17.5 Å². The van der Waals surface area contributed by atoms with Crippen molar-refractivity contribution in [3.8, 4) is 56.4 Å². The molecule has 5 aromatic carbocycles. The molecule has 202 valence electrons. The summed E-state index contributed by atoms with van der Waals surface area (Å²) in [5.74, 6) is 1.95. The van der Waals surface area contributed by atoms with Gasteiger partial charge in [-0.3, -0.25) is 4.98 Å². The zero-order valence-electron chi connectivity index (χ0n) is 23.1. The van der Waals surface area contributed by atoms with Gasteiger partial charge in [-0.15, -0.1) is 11.3 Å². The standard InChI is InChI=1S/C38H24N4S/c1-3-11-25(12-4-1)36-40-37(26-13-5-2-6-14-26)42-38(41-36)30-18-10-16-28(22-30)27-15-9-17-29(21-27)32-23-39-24-33-31-19-7-8-20-34(31)43-35(32)33/h1-24H. The fourth-order valence-electron chi connectivity index (χ4n) is 5.49. The molecular weight excluding hydrogens is 545 g/mol. The summed E-state index contributed by atoms with van der Waals surface area (Å²) in [5, 5.41) is 2.45. The highest BCUT2D eigenvalue weighted by Crippen LogP contribution is 2.40. The highest BCUT2D eigenvalue weighted by atomic mass is 32.1. The Balaban J connectivity index is 1.22. The van der Waals surface area contributed by atoms with Gasteiger partial charge in [-0.2, -0.15) is 0 Å². The molecule has 3 aromatic heterocycles. The van der Waals surface area contributed by atoms with Crippen molar-refractivity contribution < 1.29 is 0 Å². The lowest BCUT2D eigenvalue weighted by atomic mass is 9.98. The van der Waals surface area contributed by atoms with Crippen LogP contribution in [0.4, 0.5) is 0 Å². The largest absolute Gasteiger partial charge is 0.263 e. The van der Waals surface area contributed by atoms with Crippen molar-refractivity contribution in [3.05, 3.63) is 146 Å². The molecule has 0 aliphatic heterocycles. The molecule has 3 heterocycles. The van der Waals surface area contributed by atoms with Crippen molar-refractivity contribution in [2.45, 2.75) is 0 Å². The first-order valence-corrected chi connectivity index (χ1v) is 15.0. The fourth-order valence-corrected chi connectivity index (χ4v) is 6.69. The normalized spacial score (nSPS) is 11.3. The van der Waals surface area contributed by atoms with Gasteiger partial charge in [-0.05, 0) is 34.9 Å². The Morgan fingerprint density at radius 1 is 0.395 bits per heavy atom. The maximum atomic E-state index is 4.93. The molecule has 4 nitrogen and oxygen atoms in total. The SMILES string of the molecule is c1ccc(-c2nc(-c3ccccc3)nc(-c3cccc(-c4cccc(-c5cncc6c5sc5ccccc56)c4)c3)n2)cc1. The quantitative estimate of drug-likeness (QED) is 0.207. The third-order valence-corrected chi connectivity index (χ3v) is 8.83. The number of thiophene rings is 1. The number of aromatic nitrogens is 4. The van der Waals surface area contributed by atoms with Crippen molar-refractivity contribution >= 4 is 31.5 Å². The van der Waals surface area contributed by atoms with E-state index < -0.39 is 0 Å². The monoisotopic (exact) mass is 568 g/mol. The highest BCUT2D eigenvalue weighted by molar-refractivity contribution is 7.26. The summed E-state index contributed by atoms with van der Waals surface area (Å²) in [6.45, 7) is 0. The molecule has 0 aliphatic carbocycles. The lowest BCUT2D eigenvalue weighted by Crippen LogP contribution is -2.00. The molecule has 0 bridgehead atoms. The Kier molecular flexibility index (Phi) is 6.28. The minimum Gasteiger partial charge on any atom is -0.263 e. The molecule has 0 fully saturated rings. The Morgan fingerprint density at radius 2 is 0.907 bits per heavy atom. The van der Waals surface area contributed by atoms with E-state index in [1.807, 2.05) is 84.4 Å². The van der Waals surface area contributed by atoms with E-state index in [-0.39, 0.29) is 0 Å². The van der Waals surface area contributed by atoms with Gasteiger partial charge in [0, 0.05) is 54.8 Å². The van der Waals surface area contributed by atoms with Gasteiger partial charge in [-0.1, -0.05) is 115 Å². The van der Waals surface area contributed by atoms with E-state index >= 15 is 0 Å². The number of pyridine rings is 1. The molecule has 0 radical (unpaired) electrons. The first-order valence-electron chi connectivity index (χ1n) is 14.1. The molecule has 0 saturated heterocycles. The number of rotatable bonds is 5. The van der Waals surface area contributed by atoms with E-state index in [1.54, 1.807) is 0 Å². The van der Waals surface area contributed by atoms with Crippen LogP contribution in [-0.2, 0) is 0 Å². The van der Waals surface area contributed by atoms with E-state index in [0.29, 0.717) is 17.5 Å². The molecule has 0 atom stereocenters. The lowest BCUT2D eigenvalue weighted by molar-refractivity contribution is 1.07. The lowest BCUT2D eigenvalue weighted by Gasteiger charge is -2.10. The zero-order chi connectivity index (χ0) is 28.6. The zero-order valence-corrected chi connectivity index (χ0v) is 23.9. The second kappa shape index (κ2) is 10.7. The number of nitrogens with zero attached hydrogens (tertiary/aromatic N) is 4. The van der Waals surface area contributed by atoms with Crippen LogP contribution in [0.15, 0.2) is 146 Å². The van der Waals surface area contributed by atoms with Crippen LogP contribution in [0.3, 0.4) is 0 Å². The van der Waals surface area contributed by atoms with Crippen LogP contribution in [0.25, 0.3) is 76.6 Å². The summed E-state index contributed by atoms with van der Waals surface area (Å²) in [6, 6.07) is 45.8. The summed E-state index contributed by atoms with van der Waals surface area (Å²) in [6.07, 6.45) is 3.96. The van der Waals surface area contributed by atoms with Crippen LogP contribution in [0.2, 0.25) is 0 Å². The third-order valence-electron chi connectivity index (χ3n) is 7.61. The number of fused-ring (bicyclic) bond motifs is 3. The van der Waals surface area contributed by atoms with E-state index in [2.05, 4.69) is 77.8 Å². The van der Waals surface area contributed by atoms with Crippen molar-refractivity contribution in [1.29, 1.82) is 0 Å². The van der Waals surface area contributed by atoms with Crippen molar-refractivity contribution in [3.63, 3.8) is 0 Å². The number of benzene rings is 5. The van der Waals surface area contributed by atoms with Crippen LogP contribution in [0.1, 0.15) is 0 Å². The molecule has 0 aliphatic rings. The Morgan fingerprint density at radius 3 is 1.58 bits per heavy atom. The second-order valence-electron chi connectivity index (χ2n) is 10.4. The predicted octanol–water partition coefficient (Wildman–Crippen LogP) is 9.97. The Hall–Kier alpha value is -5.52. The van der Waals surface area contributed by atoms with Gasteiger partial charge in [-0.25, -0.2) is 15.0 Å². The van der Waals surface area contributed by atoms with Gasteiger partial charge in [0.25, 0.3) is 0 Å². The maximum absolute atomic E-state index is 4.93. The molecule has 0 spiro atoms. The summed E-state index contributed by atoms with van der Waals surface area (Å²) in [4.78, 5) is 19.3. The average Bonchev–Trinajstić information content (AvgIpc) is 3.48. The van der Waals surface area contributed by atoms with Gasteiger partial charge >= 0.3 is 0 Å². The van der Waals surface area contributed by atoms with Crippen molar-refractivity contribution in [2.75, 3.05) is 0 Å². The van der Waals surface area contributed by atoms with Gasteiger partial charge in [0.1, 0.15) is 0 Å². The maximum Gasteiger partial charge on any atom is 0.164 e. The van der Waals surface area contributed by atoms with Crippen molar-refractivity contribution in [2.24, 2.45) is 0 Å². The molecule has 0 saturated carbocycles. The topological polar surface area (TPSA) is 51.6 Å². The smallest absolute Gasteiger partial charge is 0.164 e. The predicted molar refractivity (Wildman–Crippen MR) is 178 cm³/mol. The van der Waals surface area contributed by atoms with Crippen molar-refractivity contribution in [1.82, 2.24) is 19.9 Å². The van der Waals surface area contributed by atoms with E-state index in [4.69, 9.17) is 15.0 Å². The summed E-state index contributed by atoms with van der Waals surface area (Å²) < 4.78 is 2.53. The van der Waals surface area contributed by atoms with Gasteiger partial charge in [0.05, 0.1) is 0 Å². The molecular formula is C38H24N4S. The van der Waals surface area contributed by atoms with Crippen LogP contribution in [-0.4, -0.2) is 19.9 Å². The average molecular weight is 569 g/mol. The Bertz CT molecular complexity index is 2180. The second-order valence-corrected chi connectivity index (χ2v) is 11.4. The van der Waals surface area contributed by atoms with Crippen LogP contribution in [0.5, 0.6) is 0 Å². The van der Waals surface area contributed by atoms with E-state index in [0.717, 1.165) is 38.9 Å². The molecule has 0 unspecified atom stereocenters.